The van der Waals surface area contributed by atoms with Crippen LogP contribution >= 0.6 is 0 Å². The van der Waals surface area contributed by atoms with Gasteiger partial charge in [-0.3, -0.25) is 4.98 Å². The van der Waals surface area contributed by atoms with E-state index in [9.17, 15) is 0 Å². The van der Waals surface area contributed by atoms with Crippen LogP contribution in [0.2, 0.25) is 0 Å². The summed E-state index contributed by atoms with van der Waals surface area (Å²) in [6.45, 7) is 3.90. The normalized spacial score (nSPS) is 14.2. The zero-order valence-corrected chi connectivity index (χ0v) is 14.4. The minimum Gasteiger partial charge on any atom is -0.378 e. The lowest BCUT2D eigenvalue weighted by molar-refractivity contribution is 0.122. The summed E-state index contributed by atoms with van der Waals surface area (Å²) < 4.78 is 5.38. The second-order valence-electron chi connectivity index (χ2n) is 5.98. The second kappa shape index (κ2) is 7.88. The first-order valence-corrected chi connectivity index (χ1v) is 8.63. The van der Waals surface area contributed by atoms with Crippen LogP contribution in [-0.2, 0) is 11.3 Å². The Bertz CT molecular complexity index is 834. The summed E-state index contributed by atoms with van der Waals surface area (Å²) in [4.78, 5) is 19.9. The van der Waals surface area contributed by atoms with E-state index in [-0.39, 0.29) is 0 Å². The first-order chi connectivity index (χ1) is 12.9. The van der Waals surface area contributed by atoms with Crippen LogP contribution in [-0.4, -0.2) is 46.2 Å². The maximum atomic E-state index is 5.38. The summed E-state index contributed by atoms with van der Waals surface area (Å²) >= 11 is 0. The van der Waals surface area contributed by atoms with E-state index in [0.29, 0.717) is 12.4 Å². The molecule has 7 heteroatoms. The van der Waals surface area contributed by atoms with Crippen molar-refractivity contribution in [2.45, 2.75) is 6.54 Å². The standard InChI is InChI=1S/C19H20N6O/c1-2-15(12-20-6-1)13-22-17-5-7-21-19(24-17)16-3-4-18(23-14-16)25-8-10-26-11-9-25/h1-7,12,14H,8-11,13H2,(H,21,22,24). The third kappa shape index (κ3) is 3.94. The lowest BCUT2D eigenvalue weighted by atomic mass is 10.2. The predicted octanol–water partition coefficient (Wildman–Crippen LogP) is 2.38. The van der Waals surface area contributed by atoms with Crippen LogP contribution in [0.3, 0.4) is 0 Å². The molecule has 26 heavy (non-hydrogen) atoms. The predicted molar refractivity (Wildman–Crippen MR) is 99.9 cm³/mol. The molecule has 0 aromatic carbocycles. The van der Waals surface area contributed by atoms with Crippen LogP contribution in [0.5, 0.6) is 0 Å². The number of pyridine rings is 2. The summed E-state index contributed by atoms with van der Waals surface area (Å²) in [6.07, 6.45) is 7.18. The second-order valence-corrected chi connectivity index (χ2v) is 5.98. The van der Waals surface area contributed by atoms with Gasteiger partial charge in [-0.25, -0.2) is 15.0 Å². The van der Waals surface area contributed by atoms with Crippen LogP contribution in [0.15, 0.2) is 55.1 Å². The van der Waals surface area contributed by atoms with Crippen molar-refractivity contribution >= 4 is 11.6 Å². The van der Waals surface area contributed by atoms with Gasteiger partial charge in [0.25, 0.3) is 0 Å². The van der Waals surface area contributed by atoms with E-state index >= 15 is 0 Å². The van der Waals surface area contributed by atoms with Crippen LogP contribution < -0.4 is 10.2 Å². The number of hydrogen-bond donors (Lipinski definition) is 1. The molecule has 0 radical (unpaired) electrons. The summed E-state index contributed by atoms with van der Waals surface area (Å²) in [5.74, 6) is 2.39. The highest BCUT2D eigenvalue weighted by Gasteiger charge is 2.12. The fourth-order valence-corrected chi connectivity index (χ4v) is 2.79. The highest BCUT2D eigenvalue weighted by atomic mass is 16.5. The van der Waals surface area contributed by atoms with E-state index in [1.54, 1.807) is 12.4 Å². The summed E-state index contributed by atoms with van der Waals surface area (Å²) in [5.41, 5.74) is 2.00. The van der Waals surface area contributed by atoms with Gasteiger partial charge in [0.05, 0.1) is 13.2 Å². The molecule has 3 aromatic heterocycles. The number of aromatic nitrogens is 4. The Balaban J connectivity index is 1.45. The number of nitrogens with zero attached hydrogens (tertiary/aromatic N) is 5. The number of ether oxygens (including phenoxy) is 1. The van der Waals surface area contributed by atoms with E-state index in [4.69, 9.17) is 4.74 Å². The molecule has 1 N–H and O–H groups in total. The molecule has 0 saturated carbocycles. The van der Waals surface area contributed by atoms with Crippen molar-refractivity contribution < 1.29 is 4.74 Å². The zero-order chi connectivity index (χ0) is 17.6. The first-order valence-electron chi connectivity index (χ1n) is 8.63. The molecule has 0 atom stereocenters. The Morgan fingerprint density at radius 2 is 1.92 bits per heavy atom. The van der Waals surface area contributed by atoms with Crippen molar-refractivity contribution in [3.63, 3.8) is 0 Å². The van der Waals surface area contributed by atoms with Gasteiger partial charge in [-0.1, -0.05) is 6.07 Å². The smallest absolute Gasteiger partial charge is 0.163 e. The molecule has 3 aromatic rings. The van der Waals surface area contributed by atoms with Gasteiger partial charge in [0.2, 0.25) is 0 Å². The van der Waals surface area contributed by atoms with Crippen molar-refractivity contribution in [3.8, 4) is 11.4 Å². The Labute approximate surface area is 152 Å². The third-order valence-electron chi connectivity index (χ3n) is 4.19. The summed E-state index contributed by atoms with van der Waals surface area (Å²) in [5, 5.41) is 3.30. The Kier molecular flexibility index (Phi) is 4.97. The summed E-state index contributed by atoms with van der Waals surface area (Å²) in [7, 11) is 0. The van der Waals surface area contributed by atoms with E-state index < -0.39 is 0 Å². The molecule has 4 rings (SSSR count). The molecule has 0 amide bonds. The van der Waals surface area contributed by atoms with Gasteiger partial charge in [-0.15, -0.1) is 0 Å². The van der Waals surface area contributed by atoms with Gasteiger partial charge < -0.3 is 15.0 Å². The third-order valence-corrected chi connectivity index (χ3v) is 4.19. The fourth-order valence-electron chi connectivity index (χ4n) is 2.79. The number of rotatable bonds is 5. The monoisotopic (exact) mass is 348 g/mol. The Morgan fingerprint density at radius 1 is 1.00 bits per heavy atom. The largest absolute Gasteiger partial charge is 0.378 e. The van der Waals surface area contributed by atoms with E-state index in [2.05, 4.69) is 30.2 Å². The molecule has 7 nitrogen and oxygen atoms in total. The van der Waals surface area contributed by atoms with Crippen LogP contribution in [0.4, 0.5) is 11.6 Å². The lowest BCUT2D eigenvalue weighted by Gasteiger charge is -2.27. The average Bonchev–Trinajstić information content (AvgIpc) is 2.74. The topological polar surface area (TPSA) is 76.1 Å². The van der Waals surface area contributed by atoms with Crippen molar-refractivity contribution in [3.05, 3.63) is 60.7 Å². The van der Waals surface area contributed by atoms with Gasteiger partial charge in [0, 0.05) is 50.0 Å². The number of hydrogen-bond acceptors (Lipinski definition) is 7. The van der Waals surface area contributed by atoms with Gasteiger partial charge in [-0.05, 0) is 29.8 Å². The molecular weight excluding hydrogens is 328 g/mol. The molecule has 0 unspecified atom stereocenters. The van der Waals surface area contributed by atoms with E-state index in [1.807, 2.05) is 42.7 Å². The van der Waals surface area contributed by atoms with Crippen molar-refractivity contribution in [2.75, 3.05) is 36.5 Å². The zero-order valence-electron chi connectivity index (χ0n) is 14.4. The van der Waals surface area contributed by atoms with Crippen LogP contribution in [0, 0.1) is 0 Å². The SMILES string of the molecule is c1cncc(CNc2ccnc(-c3ccc(N4CCOCC4)nc3)n2)c1. The highest BCUT2D eigenvalue weighted by Crippen LogP contribution is 2.19. The van der Waals surface area contributed by atoms with Gasteiger partial charge in [-0.2, -0.15) is 0 Å². The Morgan fingerprint density at radius 3 is 2.69 bits per heavy atom. The van der Waals surface area contributed by atoms with Crippen molar-refractivity contribution in [1.82, 2.24) is 19.9 Å². The molecule has 1 aliphatic rings. The molecule has 4 heterocycles. The molecule has 0 bridgehead atoms. The van der Waals surface area contributed by atoms with E-state index in [1.165, 1.54) is 0 Å². The molecule has 0 aliphatic carbocycles. The minimum atomic E-state index is 0.655. The minimum absolute atomic E-state index is 0.655. The molecule has 1 saturated heterocycles. The first kappa shape index (κ1) is 16.4. The van der Waals surface area contributed by atoms with Gasteiger partial charge >= 0.3 is 0 Å². The quantitative estimate of drug-likeness (QED) is 0.758. The average molecular weight is 348 g/mol. The Hall–Kier alpha value is -3.06. The maximum absolute atomic E-state index is 5.38. The highest BCUT2D eigenvalue weighted by molar-refractivity contribution is 5.58. The molecule has 1 aliphatic heterocycles. The fraction of sp³-hybridized carbons (Fsp3) is 0.263. The number of nitrogens with one attached hydrogen (secondary N) is 1. The van der Waals surface area contributed by atoms with E-state index in [0.717, 1.165) is 49.1 Å². The van der Waals surface area contributed by atoms with Gasteiger partial charge in [0.15, 0.2) is 5.82 Å². The van der Waals surface area contributed by atoms with Crippen molar-refractivity contribution in [1.29, 1.82) is 0 Å². The summed E-state index contributed by atoms with van der Waals surface area (Å²) in [6, 6.07) is 9.83. The lowest BCUT2D eigenvalue weighted by Crippen LogP contribution is -2.36. The molecule has 1 fully saturated rings. The van der Waals surface area contributed by atoms with Crippen molar-refractivity contribution in [2.24, 2.45) is 0 Å². The molecular formula is C19H20N6O. The molecule has 0 spiro atoms. The number of anilines is 2. The number of morpholine rings is 1. The van der Waals surface area contributed by atoms with Gasteiger partial charge in [0.1, 0.15) is 11.6 Å². The molecule has 132 valence electrons. The maximum Gasteiger partial charge on any atom is 0.163 e. The van der Waals surface area contributed by atoms with Crippen LogP contribution in [0.25, 0.3) is 11.4 Å². The van der Waals surface area contributed by atoms with Crippen LogP contribution in [0.1, 0.15) is 5.56 Å².